The van der Waals surface area contributed by atoms with Gasteiger partial charge in [-0.3, -0.25) is 9.78 Å². The van der Waals surface area contributed by atoms with Crippen LogP contribution < -0.4 is 11.2 Å². The average molecular weight is 272 g/mol. The lowest BCUT2D eigenvalue weighted by Gasteiger charge is -2.40. The van der Waals surface area contributed by atoms with Crippen molar-refractivity contribution in [1.82, 2.24) is 9.97 Å². The molecule has 1 aliphatic rings. The van der Waals surface area contributed by atoms with Gasteiger partial charge in [0, 0.05) is 6.20 Å². The van der Waals surface area contributed by atoms with Crippen molar-refractivity contribution in [3.8, 4) is 0 Å². The van der Waals surface area contributed by atoms with Crippen LogP contribution >= 0.6 is 0 Å². The molecular formula is C11H16N2O6. The van der Waals surface area contributed by atoms with Crippen molar-refractivity contribution in [3.05, 3.63) is 32.6 Å². The Bertz CT molecular complexity index is 551. The molecule has 5 N–H and O–H groups in total. The first kappa shape index (κ1) is 13.9. The van der Waals surface area contributed by atoms with Crippen LogP contribution in [0.3, 0.4) is 0 Å². The number of nitrogens with one attached hydrogen (secondary N) is 2. The third-order valence-corrected chi connectivity index (χ3v) is 3.27. The van der Waals surface area contributed by atoms with E-state index in [9.17, 15) is 24.9 Å². The number of hydrogen-bond acceptors (Lipinski definition) is 6. The molecule has 8 nitrogen and oxygen atoms in total. The van der Waals surface area contributed by atoms with Gasteiger partial charge < -0.3 is 25.0 Å². The SMILES string of the molecule is CCC1OC(c2c[nH]c(=O)[nH]c2=O)[C@@H](O)[C@H](O)[C@@H]1O. The Morgan fingerprint density at radius 1 is 1.21 bits per heavy atom. The Morgan fingerprint density at radius 2 is 1.89 bits per heavy atom. The first-order chi connectivity index (χ1) is 8.95. The van der Waals surface area contributed by atoms with Gasteiger partial charge in [0.25, 0.3) is 5.56 Å². The number of hydrogen-bond donors (Lipinski definition) is 5. The fraction of sp³-hybridized carbons (Fsp3) is 0.636. The molecule has 106 valence electrons. The topological polar surface area (TPSA) is 136 Å². The van der Waals surface area contributed by atoms with Gasteiger partial charge >= 0.3 is 5.69 Å². The minimum atomic E-state index is -1.45. The lowest BCUT2D eigenvalue weighted by atomic mass is 9.91. The molecule has 19 heavy (non-hydrogen) atoms. The van der Waals surface area contributed by atoms with E-state index in [2.05, 4.69) is 4.98 Å². The van der Waals surface area contributed by atoms with E-state index in [1.165, 1.54) is 0 Å². The molecule has 8 heteroatoms. The van der Waals surface area contributed by atoms with E-state index in [-0.39, 0.29) is 5.56 Å². The zero-order valence-corrected chi connectivity index (χ0v) is 10.2. The second kappa shape index (κ2) is 5.25. The summed E-state index contributed by atoms with van der Waals surface area (Å²) >= 11 is 0. The molecule has 1 aliphatic heterocycles. The van der Waals surface area contributed by atoms with Gasteiger partial charge in [-0.25, -0.2) is 4.79 Å². The van der Waals surface area contributed by atoms with E-state index in [4.69, 9.17) is 4.74 Å². The summed E-state index contributed by atoms with van der Waals surface area (Å²) in [7, 11) is 0. The molecule has 0 amide bonds. The Morgan fingerprint density at radius 3 is 2.47 bits per heavy atom. The van der Waals surface area contributed by atoms with E-state index in [1.807, 2.05) is 4.98 Å². The van der Waals surface area contributed by atoms with Crippen LogP contribution in [0.1, 0.15) is 25.0 Å². The summed E-state index contributed by atoms with van der Waals surface area (Å²) in [6.45, 7) is 1.74. The van der Waals surface area contributed by atoms with Crippen molar-refractivity contribution >= 4 is 0 Å². The molecule has 1 aromatic heterocycles. The Balaban J connectivity index is 2.38. The van der Waals surface area contributed by atoms with Crippen LogP contribution in [0, 0.1) is 0 Å². The third kappa shape index (κ3) is 2.47. The van der Waals surface area contributed by atoms with Gasteiger partial charge in [0.2, 0.25) is 0 Å². The van der Waals surface area contributed by atoms with Gasteiger partial charge in [-0.1, -0.05) is 6.92 Å². The smallest absolute Gasteiger partial charge is 0.325 e. The summed E-state index contributed by atoms with van der Waals surface area (Å²) in [5.74, 6) is 0. The summed E-state index contributed by atoms with van der Waals surface area (Å²) in [5.41, 5.74) is -1.38. The first-order valence-corrected chi connectivity index (χ1v) is 5.97. The van der Waals surface area contributed by atoms with Crippen molar-refractivity contribution in [2.24, 2.45) is 0 Å². The van der Waals surface area contributed by atoms with Gasteiger partial charge in [0.05, 0.1) is 11.7 Å². The second-order valence-corrected chi connectivity index (χ2v) is 4.50. The maximum absolute atomic E-state index is 11.7. The Hall–Kier alpha value is -1.48. The van der Waals surface area contributed by atoms with Gasteiger partial charge in [-0.2, -0.15) is 0 Å². The summed E-state index contributed by atoms with van der Waals surface area (Å²) < 4.78 is 5.44. The molecule has 2 unspecified atom stereocenters. The minimum Gasteiger partial charge on any atom is -0.388 e. The van der Waals surface area contributed by atoms with Crippen LogP contribution in [0.15, 0.2) is 15.8 Å². The summed E-state index contributed by atoms with van der Waals surface area (Å²) in [6.07, 6.45) is -4.37. The van der Waals surface area contributed by atoms with E-state index < -0.39 is 41.8 Å². The number of aromatic nitrogens is 2. The first-order valence-electron chi connectivity index (χ1n) is 5.97. The highest BCUT2D eigenvalue weighted by Gasteiger charge is 2.44. The monoisotopic (exact) mass is 272 g/mol. The van der Waals surface area contributed by atoms with Gasteiger partial charge in [-0.05, 0) is 6.42 Å². The fourth-order valence-electron chi connectivity index (χ4n) is 2.18. The molecule has 2 heterocycles. The molecular weight excluding hydrogens is 256 g/mol. The number of ether oxygens (including phenoxy) is 1. The van der Waals surface area contributed by atoms with Crippen LogP contribution in [-0.4, -0.2) is 49.7 Å². The number of aliphatic hydroxyl groups is 3. The van der Waals surface area contributed by atoms with E-state index in [1.54, 1.807) is 6.92 Å². The fourth-order valence-corrected chi connectivity index (χ4v) is 2.18. The molecule has 0 aromatic carbocycles. The largest absolute Gasteiger partial charge is 0.388 e. The van der Waals surface area contributed by atoms with E-state index in [0.29, 0.717) is 6.42 Å². The van der Waals surface area contributed by atoms with E-state index >= 15 is 0 Å². The van der Waals surface area contributed by atoms with Gasteiger partial charge in [0.1, 0.15) is 24.4 Å². The van der Waals surface area contributed by atoms with Crippen LogP contribution in [0.4, 0.5) is 0 Å². The molecule has 0 aliphatic carbocycles. The normalized spacial score (nSPS) is 35.3. The Kier molecular flexibility index (Phi) is 3.85. The average Bonchev–Trinajstić information content (AvgIpc) is 2.38. The van der Waals surface area contributed by atoms with Crippen molar-refractivity contribution in [2.45, 2.75) is 43.9 Å². The molecule has 1 saturated heterocycles. The summed E-state index contributed by atoms with van der Waals surface area (Å²) in [5, 5.41) is 29.4. The molecule has 0 bridgehead atoms. The van der Waals surface area contributed by atoms with Crippen LogP contribution in [0.5, 0.6) is 0 Å². The second-order valence-electron chi connectivity index (χ2n) is 4.50. The van der Waals surface area contributed by atoms with Crippen molar-refractivity contribution in [3.63, 3.8) is 0 Å². The zero-order chi connectivity index (χ0) is 14.2. The number of H-pyrrole nitrogens is 2. The highest BCUT2D eigenvalue weighted by molar-refractivity contribution is 5.12. The predicted octanol–water partition coefficient (Wildman–Crippen LogP) is -2.00. The van der Waals surface area contributed by atoms with Crippen LogP contribution in [0.25, 0.3) is 0 Å². The molecule has 0 spiro atoms. The molecule has 1 fully saturated rings. The zero-order valence-electron chi connectivity index (χ0n) is 10.2. The van der Waals surface area contributed by atoms with Crippen molar-refractivity contribution in [1.29, 1.82) is 0 Å². The van der Waals surface area contributed by atoms with Gasteiger partial charge in [0.15, 0.2) is 0 Å². The summed E-state index contributed by atoms with van der Waals surface area (Å²) in [4.78, 5) is 26.9. The highest BCUT2D eigenvalue weighted by Crippen LogP contribution is 2.31. The minimum absolute atomic E-state index is 0.00324. The highest BCUT2D eigenvalue weighted by atomic mass is 16.5. The molecule has 2 rings (SSSR count). The summed E-state index contributed by atoms with van der Waals surface area (Å²) in [6, 6.07) is 0. The van der Waals surface area contributed by atoms with Crippen LogP contribution in [0.2, 0.25) is 0 Å². The van der Waals surface area contributed by atoms with Crippen molar-refractivity contribution in [2.75, 3.05) is 0 Å². The molecule has 0 saturated carbocycles. The standard InChI is InChI=1S/C11H16N2O6/c1-2-5-6(14)7(15)8(16)9(19-5)4-3-12-11(18)13-10(4)17/h3,5-9,14-16H,2H2,1H3,(H2,12,13,17,18)/t5?,6-,7-,8+,9?/m1/s1. The van der Waals surface area contributed by atoms with E-state index in [0.717, 1.165) is 6.20 Å². The number of aromatic amines is 2. The predicted molar refractivity (Wildman–Crippen MR) is 63.6 cm³/mol. The number of aliphatic hydroxyl groups excluding tert-OH is 3. The quantitative estimate of drug-likeness (QED) is 0.422. The third-order valence-electron chi connectivity index (χ3n) is 3.27. The Labute approximate surface area is 107 Å². The molecule has 1 aromatic rings. The lowest BCUT2D eigenvalue weighted by Crippen LogP contribution is -2.54. The van der Waals surface area contributed by atoms with Crippen molar-refractivity contribution < 1.29 is 20.1 Å². The maximum atomic E-state index is 11.7. The molecule has 5 atom stereocenters. The maximum Gasteiger partial charge on any atom is 0.325 e. The van der Waals surface area contributed by atoms with Gasteiger partial charge in [-0.15, -0.1) is 0 Å². The molecule has 0 radical (unpaired) electrons. The van der Waals surface area contributed by atoms with Crippen LogP contribution in [-0.2, 0) is 4.74 Å². The number of rotatable bonds is 2. The lowest BCUT2D eigenvalue weighted by molar-refractivity contribution is -0.225.